The molecule has 0 radical (unpaired) electrons. The molecule has 1 unspecified atom stereocenters. The second-order valence-corrected chi connectivity index (χ2v) is 9.89. The Morgan fingerprint density at radius 1 is 1.09 bits per heavy atom. The molecule has 32 heavy (non-hydrogen) atoms. The Morgan fingerprint density at radius 3 is 2.47 bits per heavy atom. The highest BCUT2D eigenvalue weighted by molar-refractivity contribution is 7.14. The van der Waals surface area contributed by atoms with E-state index < -0.39 is 17.0 Å². The predicted molar refractivity (Wildman–Crippen MR) is 122 cm³/mol. The van der Waals surface area contributed by atoms with Gasteiger partial charge in [0.05, 0.1) is 23.2 Å². The van der Waals surface area contributed by atoms with Crippen LogP contribution in [0.15, 0.2) is 54.6 Å². The zero-order valence-electron chi connectivity index (χ0n) is 17.8. The fourth-order valence-corrected chi connectivity index (χ4v) is 5.68. The first-order valence-corrected chi connectivity index (χ1v) is 11.1. The number of ether oxygens (including phenoxy) is 1. The number of carbonyl (C=O) groups is 1. The van der Waals surface area contributed by atoms with Crippen LogP contribution in [0.25, 0.3) is 16.6 Å². The monoisotopic (exact) mass is 451 g/mol. The number of halogens is 1. The van der Waals surface area contributed by atoms with Crippen LogP contribution in [0.5, 0.6) is 5.75 Å². The van der Waals surface area contributed by atoms with Gasteiger partial charge in [-0.25, -0.2) is 9.18 Å². The Labute approximate surface area is 188 Å². The van der Waals surface area contributed by atoms with Gasteiger partial charge in [0.15, 0.2) is 0 Å². The van der Waals surface area contributed by atoms with Crippen molar-refractivity contribution in [2.75, 3.05) is 6.61 Å². The van der Waals surface area contributed by atoms with Crippen molar-refractivity contribution >= 4 is 28.2 Å². The van der Waals surface area contributed by atoms with E-state index in [0.717, 1.165) is 27.3 Å². The number of nitrogens with zero attached hydrogens (tertiary/aromatic N) is 1. The number of benzene rings is 2. The van der Waals surface area contributed by atoms with Gasteiger partial charge in [0, 0.05) is 21.5 Å². The summed E-state index contributed by atoms with van der Waals surface area (Å²) >= 11 is 1.21. The number of phenols is 1. The second kappa shape index (κ2) is 6.92. The fraction of sp³-hybridized carbons (Fsp3) is 0.240. The first-order valence-electron chi connectivity index (χ1n) is 10.2. The van der Waals surface area contributed by atoms with E-state index in [-0.39, 0.29) is 16.4 Å². The smallest absolute Gasteiger partial charge is 0.345 e. The lowest BCUT2D eigenvalue weighted by Crippen LogP contribution is -2.42. The lowest BCUT2D eigenvalue weighted by Gasteiger charge is -2.42. The number of carboxylic acids is 1. The fourth-order valence-electron chi connectivity index (χ4n) is 4.70. The molecular formula is C25H22FNO4S. The molecule has 7 heteroatoms. The number of aromatic nitrogens is 1. The normalized spacial score (nSPS) is 19.8. The molecule has 5 rings (SSSR count). The van der Waals surface area contributed by atoms with Crippen LogP contribution < -0.4 is 0 Å². The maximum Gasteiger partial charge on any atom is 0.345 e. The number of phenolic OH excluding ortho intramolecular Hbond substituents is 1. The Morgan fingerprint density at radius 2 is 1.81 bits per heavy atom. The van der Waals surface area contributed by atoms with Crippen molar-refractivity contribution in [1.29, 1.82) is 0 Å². The van der Waals surface area contributed by atoms with Gasteiger partial charge in [0.1, 0.15) is 22.0 Å². The van der Waals surface area contributed by atoms with Crippen LogP contribution in [0.3, 0.4) is 0 Å². The maximum atomic E-state index is 13.7. The molecule has 1 aliphatic rings. The van der Waals surface area contributed by atoms with Gasteiger partial charge in [-0.15, -0.1) is 11.3 Å². The molecular weight excluding hydrogens is 429 g/mol. The summed E-state index contributed by atoms with van der Waals surface area (Å²) in [6, 6.07) is 15.0. The summed E-state index contributed by atoms with van der Waals surface area (Å²) in [5.41, 5.74) is 1.88. The number of hydrogen-bond acceptors (Lipinski definition) is 4. The Kier molecular flexibility index (Phi) is 4.48. The SMILES string of the molecule is CC1(C)OCC(C)(c2ccc(C(=O)O)s2)c2c1n(-c1ccc(F)cc1)c1cccc(O)c21. The molecule has 0 amide bonds. The lowest BCUT2D eigenvalue weighted by molar-refractivity contribution is -0.0576. The Balaban J connectivity index is 1.91. The van der Waals surface area contributed by atoms with Crippen LogP contribution in [-0.4, -0.2) is 27.4 Å². The summed E-state index contributed by atoms with van der Waals surface area (Å²) in [7, 11) is 0. The van der Waals surface area contributed by atoms with Gasteiger partial charge in [0.2, 0.25) is 0 Å². The molecule has 0 spiro atoms. The van der Waals surface area contributed by atoms with Crippen LogP contribution in [0.4, 0.5) is 4.39 Å². The topological polar surface area (TPSA) is 71.7 Å². The zero-order chi connectivity index (χ0) is 22.8. The van der Waals surface area contributed by atoms with E-state index in [1.54, 1.807) is 30.3 Å². The molecule has 2 aromatic carbocycles. The molecule has 1 aliphatic heterocycles. The van der Waals surface area contributed by atoms with Crippen LogP contribution in [0.2, 0.25) is 0 Å². The van der Waals surface area contributed by atoms with Crippen LogP contribution in [-0.2, 0) is 15.8 Å². The summed E-state index contributed by atoms with van der Waals surface area (Å²) in [6.45, 7) is 6.28. The first kappa shape index (κ1) is 20.7. The first-order chi connectivity index (χ1) is 15.1. The van der Waals surface area contributed by atoms with E-state index in [4.69, 9.17) is 4.74 Å². The van der Waals surface area contributed by atoms with Crippen molar-refractivity contribution in [3.8, 4) is 11.4 Å². The quantitative estimate of drug-likeness (QED) is 0.413. The highest BCUT2D eigenvalue weighted by Crippen LogP contribution is 2.53. The summed E-state index contributed by atoms with van der Waals surface area (Å²) in [5.74, 6) is -1.17. The van der Waals surface area contributed by atoms with E-state index in [1.807, 2.05) is 37.5 Å². The summed E-state index contributed by atoms with van der Waals surface area (Å²) < 4.78 is 22.1. The lowest BCUT2D eigenvalue weighted by atomic mass is 9.75. The highest BCUT2D eigenvalue weighted by Gasteiger charge is 2.47. The molecule has 4 aromatic rings. The minimum atomic E-state index is -0.973. The molecule has 1 atom stereocenters. The van der Waals surface area contributed by atoms with E-state index in [9.17, 15) is 19.4 Å². The maximum absolute atomic E-state index is 13.7. The van der Waals surface area contributed by atoms with Crippen LogP contribution >= 0.6 is 11.3 Å². The second-order valence-electron chi connectivity index (χ2n) is 8.81. The minimum absolute atomic E-state index is 0.138. The third-order valence-electron chi connectivity index (χ3n) is 6.26. The third kappa shape index (κ3) is 2.88. The molecule has 164 valence electrons. The van der Waals surface area contributed by atoms with Gasteiger partial charge >= 0.3 is 5.97 Å². The summed E-state index contributed by atoms with van der Waals surface area (Å²) in [4.78, 5) is 12.6. The van der Waals surface area contributed by atoms with Gasteiger partial charge in [-0.05, 0) is 69.3 Å². The number of carboxylic acid groups (broad SMARTS) is 1. The zero-order valence-corrected chi connectivity index (χ0v) is 18.7. The van der Waals surface area contributed by atoms with E-state index in [1.165, 1.54) is 23.5 Å². The average Bonchev–Trinajstić information content (AvgIpc) is 3.38. The van der Waals surface area contributed by atoms with Crippen molar-refractivity contribution in [3.05, 3.63) is 81.4 Å². The number of aromatic carboxylic acids is 1. The molecule has 2 N–H and O–H groups in total. The number of fused-ring (bicyclic) bond motifs is 3. The van der Waals surface area contributed by atoms with E-state index in [0.29, 0.717) is 12.0 Å². The Hall–Kier alpha value is -3.16. The van der Waals surface area contributed by atoms with Crippen molar-refractivity contribution in [3.63, 3.8) is 0 Å². The molecule has 2 aromatic heterocycles. The van der Waals surface area contributed by atoms with Gasteiger partial charge in [-0.2, -0.15) is 0 Å². The van der Waals surface area contributed by atoms with Gasteiger partial charge < -0.3 is 19.5 Å². The molecule has 0 aliphatic carbocycles. The van der Waals surface area contributed by atoms with Crippen LogP contribution in [0.1, 0.15) is 46.6 Å². The third-order valence-corrected chi connectivity index (χ3v) is 7.60. The van der Waals surface area contributed by atoms with Crippen molar-refractivity contribution in [2.45, 2.75) is 31.8 Å². The largest absolute Gasteiger partial charge is 0.507 e. The predicted octanol–water partition coefficient (Wildman–Crippen LogP) is 5.81. The Bertz CT molecular complexity index is 1370. The number of thiophene rings is 1. The average molecular weight is 452 g/mol. The summed E-state index contributed by atoms with van der Waals surface area (Å²) in [6.07, 6.45) is 0. The molecule has 0 fully saturated rings. The molecule has 0 saturated heterocycles. The van der Waals surface area contributed by atoms with Crippen molar-refractivity contribution in [2.24, 2.45) is 0 Å². The van der Waals surface area contributed by atoms with E-state index >= 15 is 0 Å². The summed E-state index contributed by atoms with van der Waals surface area (Å²) in [5, 5.41) is 21.1. The van der Waals surface area contributed by atoms with Crippen LogP contribution in [0, 0.1) is 5.82 Å². The molecule has 0 bridgehead atoms. The van der Waals surface area contributed by atoms with Gasteiger partial charge in [0.25, 0.3) is 0 Å². The van der Waals surface area contributed by atoms with Gasteiger partial charge in [-0.1, -0.05) is 6.07 Å². The minimum Gasteiger partial charge on any atom is -0.507 e. The number of aromatic hydroxyl groups is 1. The molecule has 0 saturated carbocycles. The highest BCUT2D eigenvalue weighted by atomic mass is 32.1. The van der Waals surface area contributed by atoms with Crippen molar-refractivity contribution < 1.29 is 24.1 Å². The van der Waals surface area contributed by atoms with Gasteiger partial charge in [-0.3, -0.25) is 0 Å². The number of hydrogen-bond donors (Lipinski definition) is 2. The molecule has 5 nitrogen and oxygen atoms in total. The van der Waals surface area contributed by atoms with Crippen molar-refractivity contribution in [1.82, 2.24) is 4.57 Å². The van der Waals surface area contributed by atoms with E-state index in [2.05, 4.69) is 0 Å². The number of rotatable bonds is 3. The molecule has 3 heterocycles. The standard InChI is InChI=1S/C25H22FNO4S/c1-24(2)22-21(25(3,13-31-24)19-12-11-18(32-19)23(29)30)20-16(5-4-6-17(20)28)27(22)15-9-7-14(26)8-10-15/h4-12,28H,13H2,1-3H3,(H,29,30).